The van der Waals surface area contributed by atoms with Gasteiger partial charge >= 0.3 is 12.6 Å². The van der Waals surface area contributed by atoms with E-state index >= 15 is 0 Å². The zero-order valence-corrected chi connectivity index (χ0v) is 19.9. The number of esters is 1. The smallest absolute Gasteiger partial charge is 0.387 e. The van der Waals surface area contributed by atoms with Crippen LogP contribution >= 0.6 is 11.3 Å². The molecule has 0 aliphatic heterocycles. The molecule has 1 aliphatic carbocycles. The number of nitrogens with zero attached hydrogens (tertiary/aromatic N) is 1. The molecule has 0 spiro atoms. The average Bonchev–Trinajstić information content (AvgIpc) is 3.39. The highest BCUT2D eigenvalue weighted by Gasteiger charge is 2.26. The van der Waals surface area contributed by atoms with Gasteiger partial charge in [0.15, 0.2) is 12.4 Å². The number of thiophene rings is 1. The van der Waals surface area contributed by atoms with Crippen molar-refractivity contribution in [3.05, 3.63) is 93.3 Å². The lowest BCUT2D eigenvalue weighted by Crippen LogP contribution is -2.18. The van der Waals surface area contributed by atoms with Crippen molar-refractivity contribution in [3.8, 4) is 5.75 Å². The van der Waals surface area contributed by atoms with Crippen LogP contribution in [0.5, 0.6) is 5.75 Å². The number of fused-ring (bicyclic) bond motifs is 2. The molecule has 1 aliphatic rings. The van der Waals surface area contributed by atoms with Crippen molar-refractivity contribution in [1.82, 2.24) is 4.98 Å². The van der Waals surface area contributed by atoms with Gasteiger partial charge < -0.3 is 9.47 Å². The number of para-hydroxylation sites is 1. The summed E-state index contributed by atoms with van der Waals surface area (Å²) in [6.45, 7) is -3.42. The topological polar surface area (TPSA) is 65.5 Å². The SMILES string of the molecule is O=C(COC(=O)c1c2c(nc3ccccc13)/C(=C\c1cccs1)CCC2)c1ccc(OC(F)F)cc1. The standard InChI is InChI=1S/C28H21F2NO4S/c29-28(30)35-19-12-10-17(11-13-19)24(32)16-34-27(33)25-21-7-1-2-9-23(21)31-26-18(5-3-8-22(25)26)15-20-6-4-14-36-20/h1-2,4,6-7,9-15,28H,3,5,8,16H2/b18-15-. The van der Waals surface area contributed by atoms with E-state index in [0.717, 1.165) is 34.5 Å². The minimum Gasteiger partial charge on any atom is -0.454 e. The Bertz CT molecular complexity index is 1450. The number of benzene rings is 2. The molecule has 5 nitrogen and oxygen atoms in total. The third kappa shape index (κ3) is 5.04. The van der Waals surface area contributed by atoms with Gasteiger partial charge in [-0.05, 0) is 78.3 Å². The van der Waals surface area contributed by atoms with Crippen molar-refractivity contribution < 1.29 is 27.8 Å². The number of carbonyl (C=O) groups excluding carboxylic acids is 2. The Morgan fingerprint density at radius 3 is 2.58 bits per heavy atom. The second-order valence-corrected chi connectivity index (χ2v) is 9.25. The maximum Gasteiger partial charge on any atom is 0.387 e. The molecule has 0 amide bonds. The quantitative estimate of drug-likeness (QED) is 0.204. The van der Waals surface area contributed by atoms with Crippen molar-refractivity contribution in [1.29, 1.82) is 0 Å². The van der Waals surface area contributed by atoms with Gasteiger partial charge in [0.2, 0.25) is 0 Å². The van der Waals surface area contributed by atoms with E-state index in [0.29, 0.717) is 22.9 Å². The van der Waals surface area contributed by atoms with E-state index in [1.165, 1.54) is 24.3 Å². The second-order valence-electron chi connectivity index (χ2n) is 8.27. The lowest BCUT2D eigenvalue weighted by Gasteiger charge is -2.22. The summed E-state index contributed by atoms with van der Waals surface area (Å²) in [6, 6.07) is 16.7. The molecule has 0 atom stereocenters. The van der Waals surface area contributed by atoms with E-state index in [-0.39, 0.29) is 11.3 Å². The van der Waals surface area contributed by atoms with E-state index in [2.05, 4.69) is 10.8 Å². The molecule has 2 aromatic carbocycles. The fourth-order valence-corrected chi connectivity index (χ4v) is 5.04. The third-order valence-corrected chi connectivity index (χ3v) is 6.79. The van der Waals surface area contributed by atoms with Crippen LogP contribution in [0.2, 0.25) is 0 Å². The number of carbonyl (C=O) groups is 2. The van der Waals surface area contributed by atoms with Crippen LogP contribution in [0.1, 0.15) is 49.7 Å². The van der Waals surface area contributed by atoms with Crippen molar-refractivity contribution in [2.24, 2.45) is 0 Å². The lowest BCUT2D eigenvalue weighted by molar-refractivity contribution is -0.0498. The molecule has 2 heterocycles. The number of allylic oxidation sites excluding steroid dienone is 1. The van der Waals surface area contributed by atoms with Crippen LogP contribution < -0.4 is 4.74 Å². The summed E-state index contributed by atoms with van der Waals surface area (Å²) < 4.78 is 34.5. The summed E-state index contributed by atoms with van der Waals surface area (Å²) in [6.07, 6.45) is 4.52. The van der Waals surface area contributed by atoms with Crippen LogP contribution in [0, 0.1) is 0 Å². The first-order valence-corrected chi connectivity index (χ1v) is 12.3. The number of alkyl halides is 2. The molecular weight excluding hydrogens is 484 g/mol. The summed E-state index contributed by atoms with van der Waals surface area (Å²) in [4.78, 5) is 32.0. The first-order chi connectivity index (χ1) is 17.5. The number of Topliss-reactive ketones (excluding diaryl/α,β-unsaturated/α-hetero) is 1. The molecule has 8 heteroatoms. The van der Waals surface area contributed by atoms with E-state index in [4.69, 9.17) is 9.72 Å². The number of ether oxygens (including phenoxy) is 2. The number of hydrogen-bond acceptors (Lipinski definition) is 6. The van der Waals surface area contributed by atoms with Gasteiger partial charge in [-0.15, -0.1) is 11.3 Å². The van der Waals surface area contributed by atoms with Crippen molar-refractivity contribution in [2.75, 3.05) is 6.61 Å². The Morgan fingerprint density at radius 2 is 1.83 bits per heavy atom. The molecular formula is C28H21F2NO4S. The van der Waals surface area contributed by atoms with E-state index in [1.54, 1.807) is 11.3 Å². The summed E-state index contributed by atoms with van der Waals surface area (Å²) in [5.41, 5.74) is 4.03. The van der Waals surface area contributed by atoms with Crippen molar-refractivity contribution in [3.63, 3.8) is 0 Å². The van der Waals surface area contributed by atoms with Gasteiger partial charge in [-0.3, -0.25) is 4.79 Å². The van der Waals surface area contributed by atoms with Crippen LogP contribution in [-0.4, -0.2) is 30.0 Å². The first-order valence-electron chi connectivity index (χ1n) is 11.4. The molecule has 0 fully saturated rings. The van der Waals surface area contributed by atoms with E-state index < -0.39 is 25.0 Å². The average molecular weight is 506 g/mol. The second kappa shape index (κ2) is 10.4. The predicted molar refractivity (Wildman–Crippen MR) is 135 cm³/mol. The van der Waals surface area contributed by atoms with E-state index in [1.807, 2.05) is 41.8 Å². The number of aromatic nitrogens is 1. The third-order valence-electron chi connectivity index (χ3n) is 5.97. The van der Waals surface area contributed by atoms with Gasteiger partial charge in [0.25, 0.3) is 0 Å². The summed E-state index contributed by atoms with van der Waals surface area (Å²) in [7, 11) is 0. The molecule has 0 bridgehead atoms. The lowest BCUT2D eigenvalue weighted by atomic mass is 9.86. The first kappa shape index (κ1) is 23.8. The molecule has 0 unspecified atom stereocenters. The van der Waals surface area contributed by atoms with Crippen molar-refractivity contribution >= 4 is 45.6 Å². The minimum absolute atomic E-state index is 0.0557. The zero-order chi connectivity index (χ0) is 25.1. The highest BCUT2D eigenvalue weighted by Crippen LogP contribution is 2.36. The number of pyridine rings is 1. The van der Waals surface area contributed by atoms with Gasteiger partial charge in [-0.1, -0.05) is 24.3 Å². The van der Waals surface area contributed by atoms with Gasteiger partial charge in [-0.25, -0.2) is 9.78 Å². The predicted octanol–water partition coefficient (Wildman–Crippen LogP) is 6.81. The highest BCUT2D eigenvalue weighted by atomic mass is 32.1. The fraction of sp³-hybridized carbons (Fsp3) is 0.179. The van der Waals surface area contributed by atoms with Crippen LogP contribution in [0.4, 0.5) is 8.78 Å². The summed E-state index contributed by atoms with van der Waals surface area (Å²) in [5, 5.41) is 2.70. The molecule has 182 valence electrons. The van der Waals surface area contributed by atoms with Crippen molar-refractivity contribution in [2.45, 2.75) is 25.9 Å². The Morgan fingerprint density at radius 1 is 1.03 bits per heavy atom. The summed E-state index contributed by atoms with van der Waals surface area (Å²) >= 11 is 1.64. The van der Waals surface area contributed by atoms with Gasteiger partial charge in [0.1, 0.15) is 5.75 Å². The number of ketones is 1. The fourth-order valence-electron chi connectivity index (χ4n) is 4.36. The van der Waals surface area contributed by atoms with Gasteiger partial charge in [0, 0.05) is 15.8 Å². The Kier molecular flexibility index (Phi) is 6.86. The maximum atomic E-state index is 13.3. The Hall–Kier alpha value is -3.91. The van der Waals surface area contributed by atoms with Crippen LogP contribution in [0.15, 0.2) is 66.0 Å². The summed E-state index contributed by atoms with van der Waals surface area (Å²) in [5.74, 6) is -1.09. The van der Waals surface area contributed by atoms with Gasteiger partial charge in [0.05, 0.1) is 16.8 Å². The highest BCUT2D eigenvalue weighted by molar-refractivity contribution is 7.10. The Balaban J connectivity index is 1.43. The number of halogens is 2. The number of hydrogen-bond donors (Lipinski definition) is 0. The largest absolute Gasteiger partial charge is 0.454 e. The molecule has 36 heavy (non-hydrogen) atoms. The number of rotatable bonds is 7. The minimum atomic E-state index is -2.95. The molecule has 2 aromatic heterocycles. The van der Waals surface area contributed by atoms with Crippen LogP contribution in [0.25, 0.3) is 22.6 Å². The van der Waals surface area contributed by atoms with Gasteiger partial charge in [-0.2, -0.15) is 8.78 Å². The molecule has 5 rings (SSSR count). The normalized spacial score (nSPS) is 14.1. The van der Waals surface area contributed by atoms with Crippen LogP contribution in [0.3, 0.4) is 0 Å². The maximum absolute atomic E-state index is 13.3. The Labute approximate surface area is 210 Å². The van der Waals surface area contributed by atoms with Crippen LogP contribution in [-0.2, 0) is 11.2 Å². The molecule has 4 aromatic rings. The van der Waals surface area contributed by atoms with E-state index in [9.17, 15) is 18.4 Å². The monoisotopic (exact) mass is 505 g/mol. The molecule has 0 N–H and O–H groups in total. The zero-order valence-electron chi connectivity index (χ0n) is 19.1. The molecule has 0 saturated heterocycles. The molecule has 0 radical (unpaired) electrons. The molecule has 0 saturated carbocycles.